The van der Waals surface area contributed by atoms with Crippen molar-refractivity contribution >= 4 is 0 Å². The Kier molecular flexibility index (Phi) is 4.77. The van der Waals surface area contributed by atoms with Gasteiger partial charge in [0.1, 0.15) is 5.75 Å². The second-order valence-electron chi connectivity index (χ2n) is 4.22. The molecule has 0 bridgehead atoms. The van der Waals surface area contributed by atoms with Crippen LogP contribution in [0.4, 0.5) is 0 Å². The van der Waals surface area contributed by atoms with E-state index in [4.69, 9.17) is 4.74 Å². The van der Waals surface area contributed by atoms with Crippen LogP contribution < -0.4 is 10.1 Å². The third kappa shape index (κ3) is 3.51. The van der Waals surface area contributed by atoms with Crippen LogP contribution in [0, 0.1) is 6.92 Å². The molecule has 2 atom stereocenters. The third-order valence-electron chi connectivity index (χ3n) is 2.57. The smallest absolute Gasteiger partial charge is 0.123 e. The molecular formula is C13H21NO2. The number of methoxy groups -OCH3 is 1. The van der Waals surface area contributed by atoms with Gasteiger partial charge < -0.3 is 15.2 Å². The van der Waals surface area contributed by atoms with Crippen molar-refractivity contribution in [3.63, 3.8) is 0 Å². The van der Waals surface area contributed by atoms with Gasteiger partial charge >= 0.3 is 0 Å². The van der Waals surface area contributed by atoms with Gasteiger partial charge in [-0.05, 0) is 32.4 Å². The molecule has 0 aromatic heterocycles. The Labute approximate surface area is 97.4 Å². The SMILES string of the molecule is COc1cc(C)ccc1C(C)NCC(C)O. The normalized spacial score (nSPS) is 14.6. The zero-order valence-electron chi connectivity index (χ0n) is 10.4. The molecule has 1 aromatic carbocycles. The van der Waals surface area contributed by atoms with Gasteiger partial charge in [-0.2, -0.15) is 0 Å². The van der Waals surface area contributed by atoms with Crippen LogP contribution in [0.2, 0.25) is 0 Å². The predicted octanol–water partition coefficient (Wildman–Crippen LogP) is 2.04. The number of rotatable bonds is 5. The molecule has 0 aliphatic rings. The minimum absolute atomic E-state index is 0.171. The molecule has 1 aromatic rings. The Bertz CT molecular complexity index is 337. The number of aliphatic hydroxyl groups excluding tert-OH is 1. The second kappa shape index (κ2) is 5.87. The van der Waals surface area contributed by atoms with E-state index in [1.165, 1.54) is 5.56 Å². The van der Waals surface area contributed by atoms with Crippen LogP contribution in [0.5, 0.6) is 5.75 Å². The quantitative estimate of drug-likeness (QED) is 0.802. The number of aryl methyl sites for hydroxylation is 1. The molecule has 16 heavy (non-hydrogen) atoms. The van der Waals surface area contributed by atoms with Crippen molar-refractivity contribution < 1.29 is 9.84 Å². The molecule has 0 fully saturated rings. The van der Waals surface area contributed by atoms with E-state index in [0.29, 0.717) is 6.54 Å². The van der Waals surface area contributed by atoms with Gasteiger partial charge in [-0.25, -0.2) is 0 Å². The van der Waals surface area contributed by atoms with Crippen molar-refractivity contribution in [3.8, 4) is 5.75 Å². The third-order valence-corrected chi connectivity index (χ3v) is 2.57. The molecule has 2 unspecified atom stereocenters. The highest BCUT2D eigenvalue weighted by Crippen LogP contribution is 2.25. The van der Waals surface area contributed by atoms with Gasteiger partial charge in [0.25, 0.3) is 0 Å². The number of benzene rings is 1. The van der Waals surface area contributed by atoms with Crippen LogP contribution in [-0.4, -0.2) is 24.9 Å². The maximum absolute atomic E-state index is 9.23. The van der Waals surface area contributed by atoms with Gasteiger partial charge in [0.15, 0.2) is 0 Å². The highest BCUT2D eigenvalue weighted by molar-refractivity contribution is 5.38. The van der Waals surface area contributed by atoms with Crippen LogP contribution in [0.1, 0.15) is 31.0 Å². The molecule has 0 saturated heterocycles. The molecule has 0 heterocycles. The molecule has 3 heteroatoms. The monoisotopic (exact) mass is 223 g/mol. The fraction of sp³-hybridized carbons (Fsp3) is 0.538. The van der Waals surface area contributed by atoms with Crippen molar-refractivity contribution in [1.82, 2.24) is 5.32 Å². The Morgan fingerprint density at radius 2 is 2.06 bits per heavy atom. The van der Waals surface area contributed by atoms with Crippen molar-refractivity contribution in [2.24, 2.45) is 0 Å². The number of nitrogens with one attached hydrogen (secondary N) is 1. The highest BCUT2D eigenvalue weighted by atomic mass is 16.5. The first-order valence-electron chi connectivity index (χ1n) is 5.60. The van der Waals surface area contributed by atoms with Gasteiger partial charge in [-0.3, -0.25) is 0 Å². The van der Waals surface area contributed by atoms with E-state index < -0.39 is 0 Å². The zero-order chi connectivity index (χ0) is 12.1. The van der Waals surface area contributed by atoms with Crippen molar-refractivity contribution in [1.29, 1.82) is 0 Å². The molecule has 2 N–H and O–H groups in total. The Hall–Kier alpha value is -1.06. The minimum Gasteiger partial charge on any atom is -0.496 e. The first-order chi connectivity index (χ1) is 7.54. The summed E-state index contributed by atoms with van der Waals surface area (Å²) in [4.78, 5) is 0. The zero-order valence-corrected chi connectivity index (χ0v) is 10.4. The number of hydrogen-bond acceptors (Lipinski definition) is 3. The molecular weight excluding hydrogens is 202 g/mol. The summed E-state index contributed by atoms with van der Waals surface area (Å²) in [6.45, 7) is 6.46. The fourth-order valence-corrected chi connectivity index (χ4v) is 1.63. The van der Waals surface area contributed by atoms with E-state index in [9.17, 15) is 5.11 Å². The predicted molar refractivity (Wildman–Crippen MR) is 65.8 cm³/mol. The van der Waals surface area contributed by atoms with E-state index in [2.05, 4.69) is 24.4 Å². The van der Waals surface area contributed by atoms with Gasteiger partial charge in [0.05, 0.1) is 13.2 Å². The first-order valence-corrected chi connectivity index (χ1v) is 5.60. The van der Waals surface area contributed by atoms with Crippen LogP contribution in [-0.2, 0) is 0 Å². The lowest BCUT2D eigenvalue weighted by molar-refractivity contribution is 0.187. The lowest BCUT2D eigenvalue weighted by Crippen LogP contribution is -2.27. The molecule has 0 radical (unpaired) electrons. The molecule has 0 amide bonds. The lowest BCUT2D eigenvalue weighted by Gasteiger charge is -2.18. The number of hydrogen-bond donors (Lipinski definition) is 2. The van der Waals surface area contributed by atoms with Crippen LogP contribution in [0.25, 0.3) is 0 Å². The maximum Gasteiger partial charge on any atom is 0.123 e. The molecule has 3 nitrogen and oxygen atoms in total. The summed E-state index contributed by atoms with van der Waals surface area (Å²) in [5.41, 5.74) is 2.30. The highest BCUT2D eigenvalue weighted by Gasteiger charge is 2.11. The maximum atomic E-state index is 9.23. The average molecular weight is 223 g/mol. The minimum atomic E-state index is -0.334. The van der Waals surface area contributed by atoms with Crippen LogP contribution in [0.15, 0.2) is 18.2 Å². The summed E-state index contributed by atoms with van der Waals surface area (Å²) in [6.07, 6.45) is -0.334. The molecule has 90 valence electrons. The van der Waals surface area contributed by atoms with E-state index in [1.54, 1.807) is 14.0 Å². The summed E-state index contributed by atoms with van der Waals surface area (Å²) in [5.74, 6) is 0.894. The molecule has 1 rings (SSSR count). The van der Waals surface area contributed by atoms with Crippen LogP contribution >= 0.6 is 0 Å². The fourth-order valence-electron chi connectivity index (χ4n) is 1.63. The molecule has 0 spiro atoms. The lowest BCUT2D eigenvalue weighted by atomic mass is 10.0. The summed E-state index contributed by atoms with van der Waals surface area (Å²) < 4.78 is 5.35. The Morgan fingerprint density at radius 3 is 2.62 bits per heavy atom. The van der Waals surface area contributed by atoms with Gasteiger partial charge in [0, 0.05) is 18.2 Å². The largest absolute Gasteiger partial charge is 0.496 e. The molecule has 0 aliphatic carbocycles. The van der Waals surface area contributed by atoms with Crippen molar-refractivity contribution in [2.75, 3.05) is 13.7 Å². The summed E-state index contributed by atoms with van der Waals surface area (Å²) in [6, 6.07) is 6.33. The van der Waals surface area contributed by atoms with E-state index >= 15 is 0 Å². The van der Waals surface area contributed by atoms with Gasteiger partial charge in [0.2, 0.25) is 0 Å². The molecule has 0 saturated carbocycles. The summed E-state index contributed by atoms with van der Waals surface area (Å²) in [7, 11) is 1.68. The average Bonchev–Trinajstić information content (AvgIpc) is 2.25. The van der Waals surface area contributed by atoms with Gasteiger partial charge in [-0.1, -0.05) is 12.1 Å². The van der Waals surface area contributed by atoms with Crippen molar-refractivity contribution in [2.45, 2.75) is 32.9 Å². The first kappa shape index (κ1) is 13.0. The summed E-state index contributed by atoms with van der Waals surface area (Å²) >= 11 is 0. The number of ether oxygens (including phenoxy) is 1. The molecule has 0 aliphatic heterocycles. The standard InChI is InChI=1S/C13H21NO2/c1-9-5-6-12(13(7-9)16-4)11(3)14-8-10(2)15/h5-7,10-11,14-15H,8H2,1-4H3. The van der Waals surface area contributed by atoms with Gasteiger partial charge in [-0.15, -0.1) is 0 Å². The van der Waals surface area contributed by atoms with Crippen molar-refractivity contribution in [3.05, 3.63) is 29.3 Å². The number of aliphatic hydroxyl groups is 1. The van der Waals surface area contributed by atoms with E-state index in [1.807, 2.05) is 13.0 Å². The Balaban J connectivity index is 2.77. The van der Waals surface area contributed by atoms with E-state index in [0.717, 1.165) is 11.3 Å². The topological polar surface area (TPSA) is 41.5 Å². The van der Waals surface area contributed by atoms with Crippen LogP contribution in [0.3, 0.4) is 0 Å². The second-order valence-corrected chi connectivity index (χ2v) is 4.22. The Morgan fingerprint density at radius 1 is 1.38 bits per heavy atom. The van der Waals surface area contributed by atoms with E-state index in [-0.39, 0.29) is 12.1 Å². The summed E-state index contributed by atoms with van der Waals surface area (Å²) in [5, 5.41) is 12.5.